The van der Waals surface area contributed by atoms with E-state index in [1.54, 1.807) is 12.4 Å². The zero-order valence-electron chi connectivity index (χ0n) is 13.4. The summed E-state index contributed by atoms with van der Waals surface area (Å²) in [7, 11) is 0.104. The molecule has 24 heavy (non-hydrogen) atoms. The molecule has 0 bridgehead atoms. The van der Waals surface area contributed by atoms with Crippen molar-refractivity contribution in [1.82, 2.24) is 14.5 Å². The molecule has 122 valence electrons. The molecule has 3 aromatic rings. The average Bonchev–Trinajstić information content (AvgIpc) is 2.93. The summed E-state index contributed by atoms with van der Waals surface area (Å²) < 4.78 is 17.7. The minimum Gasteiger partial charge on any atom is -0.329 e. The van der Waals surface area contributed by atoms with E-state index in [2.05, 4.69) is 4.98 Å². The molecule has 0 amide bonds. The molecule has 0 aliphatic carbocycles. The molecule has 1 unspecified atom stereocenters. The quantitative estimate of drug-likeness (QED) is 0.385. The van der Waals surface area contributed by atoms with E-state index in [1.807, 2.05) is 54.1 Å². The summed E-state index contributed by atoms with van der Waals surface area (Å²) in [4.78, 5) is 13.8. The van der Waals surface area contributed by atoms with Gasteiger partial charge in [0.05, 0.1) is 11.4 Å². The summed E-state index contributed by atoms with van der Waals surface area (Å²) in [5, 5.41) is 0. The summed E-state index contributed by atoms with van der Waals surface area (Å²) >= 11 is 0. The van der Waals surface area contributed by atoms with E-state index in [0.29, 0.717) is 5.82 Å². The highest BCUT2D eigenvalue weighted by Crippen LogP contribution is 2.32. The number of aromatic nitrogens is 3. The Morgan fingerprint density at radius 2 is 1.79 bits per heavy atom. The van der Waals surface area contributed by atoms with Crippen molar-refractivity contribution in [1.29, 1.82) is 0 Å². The standard InChI is InChI=1S/C17H17N3O3P/c1-20-15(12-22-23-24(2)21)19-16(13-6-4-3-5-7-13)17(20)14-8-10-18-11-9-14/h3-11H,12H2,1-2H3/q+1. The van der Waals surface area contributed by atoms with Gasteiger partial charge in [0, 0.05) is 35.2 Å². The highest BCUT2D eigenvalue weighted by molar-refractivity contribution is 7.37. The normalized spacial score (nSPS) is 11.5. The first-order valence-corrected chi connectivity index (χ1v) is 9.01. The largest absolute Gasteiger partial charge is 0.536 e. The van der Waals surface area contributed by atoms with Gasteiger partial charge in [0.25, 0.3) is 0 Å². The lowest BCUT2D eigenvalue weighted by molar-refractivity contribution is -0.213. The third kappa shape index (κ3) is 3.57. The predicted octanol–water partition coefficient (Wildman–Crippen LogP) is 3.97. The van der Waals surface area contributed by atoms with Crippen molar-refractivity contribution in [3.63, 3.8) is 0 Å². The first-order valence-electron chi connectivity index (χ1n) is 7.38. The number of pyridine rings is 1. The van der Waals surface area contributed by atoms with Gasteiger partial charge >= 0.3 is 8.03 Å². The van der Waals surface area contributed by atoms with Crippen molar-refractivity contribution >= 4 is 8.03 Å². The third-order valence-corrected chi connectivity index (χ3v) is 3.85. The molecule has 0 aliphatic heterocycles. The van der Waals surface area contributed by atoms with Crippen molar-refractivity contribution < 1.29 is 14.1 Å². The second kappa shape index (κ2) is 7.45. The van der Waals surface area contributed by atoms with E-state index >= 15 is 0 Å². The first kappa shape index (κ1) is 16.5. The lowest BCUT2D eigenvalue weighted by atomic mass is 10.1. The van der Waals surface area contributed by atoms with E-state index in [0.717, 1.165) is 22.5 Å². The van der Waals surface area contributed by atoms with E-state index < -0.39 is 8.03 Å². The van der Waals surface area contributed by atoms with Crippen LogP contribution >= 0.6 is 8.03 Å². The molecule has 3 rings (SSSR count). The van der Waals surface area contributed by atoms with Gasteiger partial charge in [-0.25, -0.2) is 4.98 Å². The Kier molecular flexibility index (Phi) is 5.11. The maximum Gasteiger partial charge on any atom is 0.536 e. The maximum absolute atomic E-state index is 11.0. The van der Waals surface area contributed by atoms with Gasteiger partial charge in [-0.2, -0.15) is 4.89 Å². The van der Waals surface area contributed by atoms with E-state index in [4.69, 9.17) is 14.5 Å². The Bertz CT molecular complexity index is 835. The summed E-state index contributed by atoms with van der Waals surface area (Å²) in [5.41, 5.74) is 3.83. The molecule has 0 saturated carbocycles. The molecule has 0 saturated heterocycles. The number of imidazole rings is 1. The van der Waals surface area contributed by atoms with Crippen LogP contribution in [0.1, 0.15) is 5.82 Å². The minimum absolute atomic E-state index is 0.107. The van der Waals surface area contributed by atoms with Crippen molar-refractivity contribution in [2.24, 2.45) is 7.05 Å². The fourth-order valence-corrected chi connectivity index (χ4v) is 2.67. The van der Waals surface area contributed by atoms with Crippen molar-refractivity contribution in [2.45, 2.75) is 6.61 Å². The van der Waals surface area contributed by atoms with Gasteiger partial charge < -0.3 is 4.57 Å². The zero-order valence-corrected chi connectivity index (χ0v) is 14.3. The molecule has 1 aromatic carbocycles. The highest BCUT2D eigenvalue weighted by Gasteiger charge is 2.19. The number of nitrogens with zero attached hydrogens (tertiary/aromatic N) is 3. The molecular formula is C17H17N3O3P+. The van der Waals surface area contributed by atoms with Crippen LogP contribution in [0.3, 0.4) is 0 Å². The van der Waals surface area contributed by atoms with Crippen LogP contribution in [0, 0.1) is 0 Å². The van der Waals surface area contributed by atoms with E-state index in [9.17, 15) is 4.57 Å². The Labute approximate surface area is 140 Å². The lowest BCUT2D eigenvalue weighted by Crippen LogP contribution is -2.01. The van der Waals surface area contributed by atoms with Crippen LogP contribution in [0.5, 0.6) is 0 Å². The second-order valence-corrected chi connectivity index (χ2v) is 6.19. The maximum atomic E-state index is 11.0. The summed E-state index contributed by atoms with van der Waals surface area (Å²) in [5.74, 6) is 0.678. The van der Waals surface area contributed by atoms with Gasteiger partial charge in [-0.15, -0.1) is 0 Å². The molecule has 7 heteroatoms. The Morgan fingerprint density at radius 1 is 1.08 bits per heavy atom. The Morgan fingerprint density at radius 3 is 2.46 bits per heavy atom. The Balaban J connectivity index is 2.04. The van der Waals surface area contributed by atoms with Crippen molar-refractivity contribution in [3.05, 3.63) is 60.7 Å². The fourth-order valence-electron chi connectivity index (χ4n) is 2.46. The molecule has 0 fully saturated rings. The molecule has 0 spiro atoms. The molecule has 1 atom stereocenters. The van der Waals surface area contributed by atoms with Gasteiger partial charge in [0.1, 0.15) is 12.4 Å². The molecular weight excluding hydrogens is 325 g/mol. The molecule has 0 radical (unpaired) electrons. The summed E-state index contributed by atoms with van der Waals surface area (Å²) in [6, 6.07) is 13.8. The number of hydrogen-bond donors (Lipinski definition) is 0. The second-order valence-electron chi connectivity index (χ2n) is 5.16. The predicted molar refractivity (Wildman–Crippen MR) is 91.3 cm³/mol. The van der Waals surface area contributed by atoms with Crippen LogP contribution in [0.15, 0.2) is 54.9 Å². The number of benzene rings is 1. The molecule has 2 heterocycles. The van der Waals surface area contributed by atoms with Gasteiger partial charge in [0.15, 0.2) is 6.66 Å². The van der Waals surface area contributed by atoms with Crippen LogP contribution in [-0.4, -0.2) is 21.2 Å². The van der Waals surface area contributed by atoms with Crippen LogP contribution < -0.4 is 0 Å². The van der Waals surface area contributed by atoms with Gasteiger partial charge in [0.2, 0.25) is 0 Å². The molecule has 2 aromatic heterocycles. The minimum atomic E-state index is -1.81. The van der Waals surface area contributed by atoms with Gasteiger partial charge in [-0.05, 0) is 16.7 Å². The third-order valence-electron chi connectivity index (χ3n) is 3.53. The summed E-state index contributed by atoms with van der Waals surface area (Å²) in [6.45, 7) is 1.54. The first-order chi connectivity index (χ1) is 11.7. The van der Waals surface area contributed by atoms with Crippen LogP contribution in [0.25, 0.3) is 22.5 Å². The van der Waals surface area contributed by atoms with Gasteiger partial charge in [-0.3, -0.25) is 4.98 Å². The highest BCUT2D eigenvalue weighted by atomic mass is 31.1. The van der Waals surface area contributed by atoms with Crippen molar-refractivity contribution in [2.75, 3.05) is 6.66 Å². The zero-order chi connectivity index (χ0) is 16.9. The topological polar surface area (TPSA) is 66.2 Å². The van der Waals surface area contributed by atoms with E-state index in [-0.39, 0.29) is 6.61 Å². The number of rotatable bonds is 6. The van der Waals surface area contributed by atoms with Crippen LogP contribution in [-0.2, 0) is 27.8 Å². The van der Waals surface area contributed by atoms with E-state index in [1.165, 1.54) is 6.66 Å². The number of hydrogen-bond acceptors (Lipinski definition) is 5. The average molecular weight is 342 g/mol. The monoisotopic (exact) mass is 342 g/mol. The SMILES string of the molecule is Cn1c(COO[P+](C)=O)nc(-c2ccccc2)c1-c1ccncc1. The summed E-state index contributed by atoms with van der Waals surface area (Å²) in [6.07, 6.45) is 3.50. The fraction of sp³-hybridized carbons (Fsp3) is 0.176. The lowest BCUT2D eigenvalue weighted by Gasteiger charge is -2.07. The van der Waals surface area contributed by atoms with Crippen LogP contribution in [0.4, 0.5) is 0 Å². The molecule has 0 N–H and O–H groups in total. The van der Waals surface area contributed by atoms with Gasteiger partial charge in [-0.1, -0.05) is 30.3 Å². The van der Waals surface area contributed by atoms with Crippen molar-refractivity contribution in [3.8, 4) is 22.5 Å². The Hall–Kier alpha value is -2.40. The molecule has 6 nitrogen and oxygen atoms in total. The smallest absolute Gasteiger partial charge is 0.329 e. The molecule has 0 aliphatic rings. The van der Waals surface area contributed by atoms with Crippen LogP contribution in [0.2, 0.25) is 0 Å².